The smallest absolute Gasteiger partial charge is 0.145 e. The van der Waals surface area contributed by atoms with E-state index in [9.17, 15) is 0 Å². The molecule has 0 N–H and O–H groups in total. The molecule has 0 atom stereocenters. The van der Waals surface area contributed by atoms with Crippen LogP contribution >= 0.6 is 0 Å². The molecule has 1 aliphatic rings. The van der Waals surface area contributed by atoms with Crippen molar-refractivity contribution in [3.8, 4) is 28.6 Å². The van der Waals surface area contributed by atoms with Gasteiger partial charge < -0.3 is 4.74 Å². The van der Waals surface area contributed by atoms with Crippen LogP contribution in [0.25, 0.3) is 66.2 Å². The number of benzene rings is 5. The summed E-state index contributed by atoms with van der Waals surface area (Å²) in [6.45, 7) is 2.27. The maximum atomic E-state index is 6.70. The molecule has 0 radical (unpaired) electrons. The molecular formula is C46H38N4O. The first kappa shape index (κ1) is 29.9. The number of nitrogens with zero attached hydrogens (tertiary/aromatic N) is 4. The summed E-state index contributed by atoms with van der Waals surface area (Å²) in [6, 6.07) is 43.0. The molecule has 4 aromatic heterocycles. The van der Waals surface area contributed by atoms with E-state index in [4.69, 9.17) is 14.7 Å². The number of aromatic nitrogens is 4. The third-order valence-electron chi connectivity index (χ3n) is 11.1. The van der Waals surface area contributed by atoms with Gasteiger partial charge >= 0.3 is 0 Å². The summed E-state index contributed by atoms with van der Waals surface area (Å²) in [5, 5.41) is 5.82. The summed E-state index contributed by atoms with van der Waals surface area (Å²) in [6.07, 6.45) is 11.4. The van der Waals surface area contributed by atoms with Gasteiger partial charge in [-0.05, 0) is 96.3 Å². The van der Waals surface area contributed by atoms with Gasteiger partial charge in [0.25, 0.3) is 0 Å². The van der Waals surface area contributed by atoms with Gasteiger partial charge in [0.05, 0.1) is 28.4 Å². The van der Waals surface area contributed by atoms with Crippen LogP contribution in [-0.2, 0) is 6.42 Å². The molecule has 0 spiro atoms. The van der Waals surface area contributed by atoms with Crippen LogP contribution < -0.4 is 4.74 Å². The summed E-state index contributed by atoms with van der Waals surface area (Å²) in [5.74, 6) is 3.02. The monoisotopic (exact) mass is 662 g/mol. The Morgan fingerprint density at radius 1 is 0.627 bits per heavy atom. The molecule has 248 valence electrons. The number of hydrogen-bond donors (Lipinski definition) is 0. The third kappa shape index (κ3) is 4.83. The van der Waals surface area contributed by atoms with E-state index in [1.165, 1.54) is 81.5 Å². The largest absolute Gasteiger partial charge is 0.457 e. The summed E-state index contributed by atoms with van der Waals surface area (Å²) in [7, 11) is 0. The van der Waals surface area contributed by atoms with E-state index >= 15 is 0 Å². The zero-order chi connectivity index (χ0) is 33.9. The Morgan fingerprint density at radius 3 is 2.16 bits per heavy atom. The van der Waals surface area contributed by atoms with Gasteiger partial charge in [0, 0.05) is 39.4 Å². The van der Waals surface area contributed by atoms with Crippen LogP contribution in [0.1, 0.15) is 56.1 Å². The summed E-state index contributed by atoms with van der Waals surface area (Å²) in [5.41, 5.74) is 9.73. The van der Waals surface area contributed by atoms with Crippen LogP contribution in [0.3, 0.4) is 0 Å². The molecule has 1 saturated carbocycles. The minimum absolute atomic E-state index is 0.589. The molecule has 1 aliphatic carbocycles. The lowest BCUT2D eigenvalue weighted by Crippen LogP contribution is -2.08. The second-order valence-electron chi connectivity index (χ2n) is 13.9. The molecule has 0 aliphatic heterocycles. The SMILES string of the molecule is CCc1cccc(C2CCCCC2)c1-c1cnc2c3cc(Oc4ccc5c6ccccc6n(-c6ccccn6)c5c4)ccc3c3ccccc3n12. The van der Waals surface area contributed by atoms with Crippen LogP contribution in [0, 0.1) is 0 Å². The zero-order valence-electron chi connectivity index (χ0n) is 28.7. The number of pyridine rings is 2. The van der Waals surface area contributed by atoms with Crippen molar-refractivity contribution < 1.29 is 4.74 Å². The molecule has 5 aromatic carbocycles. The van der Waals surface area contributed by atoms with Crippen molar-refractivity contribution in [3.05, 3.63) is 145 Å². The van der Waals surface area contributed by atoms with Gasteiger partial charge in [0.1, 0.15) is 23.0 Å². The van der Waals surface area contributed by atoms with Crippen molar-refractivity contribution in [2.24, 2.45) is 0 Å². The standard InChI is InChI=1S/C46H38N4O/c1-2-30-15-12-18-34(31-13-4-3-5-14-31)45(30)43-29-48-46-39-27-32(22-24-35(39)36-16-6-9-20-41(36)50(43)46)51-33-23-25-38-37-17-7-8-19-40(37)49(42(38)28-33)44-21-10-11-26-47-44/h6-12,15-29,31H,2-5,13-14H2,1H3. The lowest BCUT2D eigenvalue weighted by molar-refractivity contribution is 0.444. The Hall–Kier alpha value is -5.94. The Balaban J connectivity index is 1.14. The maximum Gasteiger partial charge on any atom is 0.145 e. The van der Waals surface area contributed by atoms with Gasteiger partial charge in [0.2, 0.25) is 0 Å². The number of para-hydroxylation sites is 2. The number of fused-ring (bicyclic) bond motifs is 9. The quantitative estimate of drug-likeness (QED) is 0.166. The Kier molecular flexibility index (Phi) is 7.12. The van der Waals surface area contributed by atoms with Crippen LogP contribution in [-0.4, -0.2) is 18.9 Å². The second kappa shape index (κ2) is 12.1. The van der Waals surface area contributed by atoms with Gasteiger partial charge in [-0.1, -0.05) is 86.8 Å². The fourth-order valence-corrected chi connectivity index (χ4v) is 8.73. The van der Waals surface area contributed by atoms with Crippen LogP contribution in [0.2, 0.25) is 0 Å². The van der Waals surface area contributed by atoms with Gasteiger partial charge in [0.15, 0.2) is 0 Å². The molecule has 4 heterocycles. The molecule has 5 heteroatoms. The lowest BCUT2D eigenvalue weighted by atomic mass is 9.80. The Bertz CT molecular complexity index is 2750. The van der Waals surface area contributed by atoms with Crippen LogP contribution in [0.15, 0.2) is 134 Å². The van der Waals surface area contributed by atoms with Gasteiger partial charge in [-0.25, -0.2) is 9.97 Å². The highest BCUT2D eigenvalue weighted by atomic mass is 16.5. The van der Waals surface area contributed by atoms with E-state index in [0.717, 1.165) is 45.8 Å². The predicted octanol–water partition coefficient (Wildman–Crippen LogP) is 12.2. The first-order valence-corrected chi connectivity index (χ1v) is 18.3. The van der Waals surface area contributed by atoms with E-state index in [-0.39, 0.29) is 0 Å². The molecule has 5 nitrogen and oxygen atoms in total. The van der Waals surface area contributed by atoms with Crippen LogP contribution in [0.5, 0.6) is 11.5 Å². The maximum absolute atomic E-state index is 6.70. The highest BCUT2D eigenvalue weighted by Crippen LogP contribution is 2.43. The molecule has 10 rings (SSSR count). The van der Waals surface area contributed by atoms with E-state index in [2.05, 4.69) is 125 Å². The van der Waals surface area contributed by atoms with E-state index in [1.54, 1.807) is 0 Å². The average molecular weight is 663 g/mol. The minimum Gasteiger partial charge on any atom is -0.457 e. The molecule has 0 amide bonds. The highest BCUT2D eigenvalue weighted by molar-refractivity contribution is 6.13. The topological polar surface area (TPSA) is 44.3 Å². The zero-order valence-corrected chi connectivity index (χ0v) is 28.7. The fraction of sp³-hybridized carbons (Fsp3) is 0.174. The van der Waals surface area contributed by atoms with Crippen molar-refractivity contribution in [3.63, 3.8) is 0 Å². The number of ether oxygens (including phenoxy) is 1. The van der Waals surface area contributed by atoms with Crippen molar-refractivity contribution in [2.45, 2.75) is 51.4 Å². The van der Waals surface area contributed by atoms with Crippen molar-refractivity contribution >= 4 is 49.1 Å². The van der Waals surface area contributed by atoms with E-state index in [1.807, 2.05) is 24.4 Å². The first-order valence-electron chi connectivity index (χ1n) is 18.3. The molecule has 51 heavy (non-hydrogen) atoms. The molecule has 9 aromatic rings. The number of rotatable bonds is 6. The number of imidazole rings is 1. The Morgan fingerprint density at radius 2 is 1.35 bits per heavy atom. The summed E-state index contributed by atoms with van der Waals surface area (Å²) < 4.78 is 11.3. The van der Waals surface area contributed by atoms with Crippen molar-refractivity contribution in [1.82, 2.24) is 18.9 Å². The second-order valence-corrected chi connectivity index (χ2v) is 13.9. The molecule has 0 unspecified atom stereocenters. The predicted molar refractivity (Wildman–Crippen MR) is 209 cm³/mol. The summed E-state index contributed by atoms with van der Waals surface area (Å²) in [4.78, 5) is 9.89. The average Bonchev–Trinajstić information content (AvgIpc) is 3.78. The molecule has 0 saturated heterocycles. The van der Waals surface area contributed by atoms with E-state index < -0.39 is 0 Å². The van der Waals surface area contributed by atoms with E-state index in [0.29, 0.717) is 5.92 Å². The Labute approximate surface area is 296 Å². The molecule has 1 fully saturated rings. The number of aryl methyl sites for hydroxylation is 1. The normalized spacial score (nSPS) is 14.0. The minimum atomic E-state index is 0.589. The summed E-state index contributed by atoms with van der Waals surface area (Å²) >= 11 is 0. The first-order chi connectivity index (χ1) is 25.3. The van der Waals surface area contributed by atoms with Gasteiger partial charge in [-0.2, -0.15) is 0 Å². The van der Waals surface area contributed by atoms with Crippen molar-refractivity contribution in [2.75, 3.05) is 0 Å². The lowest BCUT2D eigenvalue weighted by Gasteiger charge is -2.26. The third-order valence-corrected chi connectivity index (χ3v) is 11.1. The fourth-order valence-electron chi connectivity index (χ4n) is 8.73. The van der Waals surface area contributed by atoms with Crippen LogP contribution in [0.4, 0.5) is 0 Å². The van der Waals surface area contributed by atoms with Gasteiger partial charge in [-0.3, -0.25) is 8.97 Å². The molecule has 0 bridgehead atoms. The van der Waals surface area contributed by atoms with Gasteiger partial charge in [-0.15, -0.1) is 0 Å². The molecular weight excluding hydrogens is 625 g/mol. The van der Waals surface area contributed by atoms with Crippen molar-refractivity contribution in [1.29, 1.82) is 0 Å². The number of hydrogen-bond acceptors (Lipinski definition) is 3. The highest BCUT2D eigenvalue weighted by Gasteiger charge is 2.24.